The van der Waals surface area contributed by atoms with E-state index in [1.165, 1.54) is 0 Å². The van der Waals surface area contributed by atoms with Crippen molar-refractivity contribution in [2.24, 2.45) is 0 Å². The molecule has 2 N–H and O–H groups in total. The highest BCUT2D eigenvalue weighted by Crippen LogP contribution is 2.21. The molecule has 0 amide bonds. The molecule has 26 heavy (non-hydrogen) atoms. The molecule has 134 valence electrons. The van der Waals surface area contributed by atoms with Gasteiger partial charge in [0.25, 0.3) is 0 Å². The Kier molecular flexibility index (Phi) is 6.36. The topological polar surface area (TPSA) is 54.4 Å². The summed E-state index contributed by atoms with van der Waals surface area (Å²) in [4.78, 5) is 4.09. The zero-order valence-corrected chi connectivity index (χ0v) is 14.9. The number of benzene rings is 2. The molecule has 0 radical (unpaired) electrons. The van der Waals surface area contributed by atoms with Crippen LogP contribution in [0.25, 0.3) is 0 Å². The van der Waals surface area contributed by atoms with E-state index < -0.39 is 6.10 Å². The van der Waals surface area contributed by atoms with Gasteiger partial charge in [0, 0.05) is 18.9 Å². The monoisotopic (exact) mass is 348 g/mol. The van der Waals surface area contributed by atoms with Gasteiger partial charge < -0.3 is 15.2 Å². The second-order valence-corrected chi connectivity index (χ2v) is 6.31. The highest BCUT2D eigenvalue weighted by atomic mass is 16.5. The van der Waals surface area contributed by atoms with Crippen LogP contribution in [0.5, 0.6) is 5.75 Å². The van der Waals surface area contributed by atoms with Crippen molar-refractivity contribution < 1.29 is 9.84 Å². The van der Waals surface area contributed by atoms with Gasteiger partial charge in [0.2, 0.25) is 0 Å². The van der Waals surface area contributed by atoms with Crippen molar-refractivity contribution >= 4 is 0 Å². The van der Waals surface area contributed by atoms with Crippen LogP contribution in [0.4, 0.5) is 0 Å². The SMILES string of the molecule is Cc1cccc(OCC(O)CNC(c2ccccc2)c2ccncc2)c1. The van der Waals surface area contributed by atoms with Gasteiger partial charge in [-0.15, -0.1) is 0 Å². The maximum absolute atomic E-state index is 10.3. The number of nitrogens with zero attached hydrogens (tertiary/aromatic N) is 1. The molecular weight excluding hydrogens is 324 g/mol. The molecule has 0 fully saturated rings. The standard InChI is InChI=1S/C22H24N2O2/c1-17-6-5-9-21(14-17)26-16-20(25)15-24-22(18-7-3-2-4-8-18)19-10-12-23-13-11-19/h2-14,20,22,24-25H,15-16H2,1H3. The lowest BCUT2D eigenvalue weighted by Crippen LogP contribution is -2.34. The lowest BCUT2D eigenvalue weighted by atomic mass is 9.99. The molecule has 0 aliphatic rings. The molecule has 0 bridgehead atoms. The van der Waals surface area contributed by atoms with E-state index in [0.29, 0.717) is 6.54 Å². The van der Waals surface area contributed by atoms with E-state index >= 15 is 0 Å². The van der Waals surface area contributed by atoms with Crippen molar-refractivity contribution in [2.75, 3.05) is 13.2 Å². The lowest BCUT2D eigenvalue weighted by molar-refractivity contribution is 0.105. The second-order valence-electron chi connectivity index (χ2n) is 6.31. The first-order chi connectivity index (χ1) is 12.7. The van der Waals surface area contributed by atoms with Crippen LogP contribution in [0.2, 0.25) is 0 Å². The van der Waals surface area contributed by atoms with E-state index in [1.54, 1.807) is 12.4 Å². The van der Waals surface area contributed by atoms with E-state index in [4.69, 9.17) is 4.74 Å². The normalized spacial score (nSPS) is 13.2. The molecule has 0 aliphatic heterocycles. The fraction of sp³-hybridized carbons (Fsp3) is 0.227. The Labute approximate surface area is 154 Å². The first kappa shape index (κ1) is 18.1. The lowest BCUT2D eigenvalue weighted by Gasteiger charge is -2.22. The molecule has 1 aromatic heterocycles. The highest BCUT2D eigenvalue weighted by molar-refractivity contribution is 5.30. The maximum atomic E-state index is 10.3. The number of aryl methyl sites for hydroxylation is 1. The van der Waals surface area contributed by atoms with Crippen LogP contribution in [0.1, 0.15) is 22.7 Å². The Bertz CT molecular complexity index is 754. The third-order valence-electron chi connectivity index (χ3n) is 4.16. The third kappa shape index (κ3) is 5.15. The van der Waals surface area contributed by atoms with Gasteiger partial charge in [-0.05, 0) is 47.9 Å². The molecular formula is C22H24N2O2. The van der Waals surface area contributed by atoms with Gasteiger partial charge in [-0.2, -0.15) is 0 Å². The van der Waals surface area contributed by atoms with Crippen molar-refractivity contribution in [3.63, 3.8) is 0 Å². The Morgan fingerprint density at radius 1 is 0.962 bits per heavy atom. The Balaban J connectivity index is 1.60. The maximum Gasteiger partial charge on any atom is 0.119 e. The summed E-state index contributed by atoms with van der Waals surface area (Å²) in [6.07, 6.45) is 2.96. The molecule has 1 heterocycles. The van der Waals surface area contributed by atoms with Crippen molar-refractivity contribution in [3.8, 4) is 5.75 Å². The predicted octanol–water partition coefficient (Wildman–Crippen LogP) is 3.51. The van der Waals surface area contributed by atoms with E-state index in [1.807, 2.05) is 61.5 Å². The minimum absolute atomic E-state index is 0.00665. The van der Waals surface area contributed by atoms with Gasteiger partial charge in [0.05, 0.1) is 6.04 Å². The van der Waals surface area contributed by atoms with Gasteiger partial charge in [-0.25, -0.2) is 0 Å². The Hall–Kier alpha value is -2.69. The smallest absolute Gasteiger partial charge is 0.119 e. The van der Waals surface area contributed by atoms with Crippen LogP contribution in [-0.2, 0) is 0 Å². The van der Waals surface area contributed by atoms with Gasteiger partial charge in [-0.1, -0.05) is 42.5 Å². The van der Waals surface area contributed by atoms with Gasteiger partial charge in [-0.3, -0.25) is 4.98 Å². The van der Waals surface area contributed by atoms with Crippen LogP contribution < -0.4 is 10.1 Å². The molecule has 0 spiro atoms. The summed E-state index contributed by atoms with van der Waals surface area (Å²) >= 11 is 0. The molecule has 0 saturated heterocycles. The van der Waals surface area contributed by atoms with Crippen molar-refractivity contribution in [2.45, 2.75) is 19.1 Å². The number of hydrogen-bond donors (Lipinski definition) is 2. The second kappa shape index (κ2) is 9.13. The highest BCUT2D eigenvalue weighted by Gasteiger charge is 2.15. The van der Waals surface area contributed by atoms with E-state index in [-0.39, 0.29) is 12.6 Å². The molecule has 4 heteroatoms. The predicted molar refractivity (Wildman–Crippen MR) is 103 cm³/mol. The largest absolute Gasteiger partial charge is 0.491 e. The van der Waals surface area contributed by atoms with Gasteiger partial charge in [0.1, 0.15) is 18.5 Å². The number of rotatable bonds is 8. The van der Waals surface area contributed by atoms with Crippen molar-refractivity contribution in [1.29, 1.82) is 0 Å². The van der Waals surface area contributed by atoms with Crippen LogP contribution >= 0.6 is 0 Å². The van der Waals surface area contributed by atoms with Gasteiger partial charge >= 0.3 is 0 Å². The molecule has 2 aromatic carbocycles. The summed E-state index contributed by atoms with van der Waals surface area (Å²) in [7, 11) is 0. The molecule has 3 rings (SSSR count). The molecule has 3 aromatic rings. The molecule has 0 saturated carbocycles. The Morgan fingerprint density at radius 2 is 1.69 bits per heavy atom. The van der Waals surface area contributed by atoms with Crippen LogP contribution in [0, 0.1) is 6.92 Å². The van der Waals surface area contributed by atoms with E-state index in [0.717, 1.165) is 22.4 Å². The van der Waals surface area contributed by atoms with E-state index in [9.17, 15) is 5.11 Å². The van der Waals surface area contributed by atoms with Crippen molar-refractivity contribution in [3.05, 3.63) is 95.8 Å². The average Bonchev–Trinajstić information content (AvgIpc) is 2.68. The first-order valence-corrected chi connectivity index (χ1v) is 8.78. The minimum Gasteiger partial charge on any atom is -0.491 e. The molecule has 2 unspecified atom stereocenters. The third-order valence-corrected chi connectivity index (χ3v) is 4.16. The summed E-state index contributed by atoms with van der Waals surface area (Å²) in [6, 6.07) is 22.0. The summed E-state index contributed by atoms with van der Waals surface area (Å²) in [5.74, 6) is 0.776. The molecule has 2 atom stereocenters. The summed E-state index contributed by atoms with van der Waals surface area (Å²) < 4.78 is 5.69. The molecule has 4 nitrogen and oxygen atoms in total. The number of aliphatic hydroxyl groups excluding tert-OH is 1. The quantitative estimate of drug-likeness (QED) is 0.654. The summed E-state index contributed by atoms with van der Waals surface area (Å²) in [6.45, 7) is 2.69. The number of aromatic nitrogens is 1. The number of nitrogens with one attached hydrogen (secondary N) is 1. The number of aliphatic hydroxyl groups is 1. The fourth-order valence-electron chi connectivity index (χ4n) is 2.84. The van der Waals surface area contributed by atoms with Crippen molar-refractivity contribution in [1.82, 2.24) is 10.3 Å². The number of ether oxygens (including phenoxy) is 1. The number of hydrogen-bond acceptors (Lipinski definition) is 4. The van der Waals surface area contributed by atoms with Crippen LogP contribution in [0.3, 0.4) is 0 Å². The molecule has 0 aliphatic carbocycles. The zero-order chi connectivity index (χ0) is 18.2. The zero-order valence-electron chi connectivity index (χ0n) is 14.9. The average molecular weight is 348 g/mol. The van der Waals surface area contributed by atoms with E-state index in [2.05, 4.69) is 22.4 Å². The fourth-order valence-corrected chi connectivity index (χ4v) is 2.84. The summed E-state index contributed by atoms with van der Waals surface area (Å²) in [5, 5.41) is 13.8. The minimum atomic E-state index is -0.608. The van der Waals surface area contributed by atoms with Crippen LogP contribution in [-0.4, -0.2) is 29.3 Å². The van der Waals surface area contributed by atoms with Gasteiger partial charge in [0.15, 0.2) is 0 Å². The number of pyridine rings is 1. The summed E-state index contributed by atoms with van der Waals surface area (Å²) in [5.41, 5.74) is 3.39. The van der Waals surface area contributed by atoms with Crippen LogP contribution in [0.15, 0.2) is 79.1 Å². The Morgan fingerprint density at radius 3 is 2.42 bits per heavy atom. The first-order valence-electron chi connectivity index (χ1n) is 8.78.